The van der Waals surface area contributed by atoms with Crippen molar-refractivity contribution in [1.82, 2.24) is 15.5 Å². The molecule has 0 saturated heterocycles. The Morgan fingerprint density at radius 2 is 1.41 bits per heavy atom. The number of alkyl carbamates (subject to hydrolysis) is 1. The Hall–Kier alpha value is -1.80. The van der Waals surface area contributed by atoms with Crippen molar-refractivity contribution < 1.29 is 27.1 Å². The molecule has 0 bridgehead atoms. The number of alkyl halides is 3. The Labute approximate surface area is 169 Å². The molecule has 3 rings (SSSR count). The molecule has 0 atom stereocenters. The van der Waals surface area contributed by atoms with Crippen LogP contribution in [0.5, 0.6) is 0 Å². The van der Waals surface area contributed by atoms with Gasteiger partial charge in [0.1, 0.15) is 5.60 Å². The van der Waals surface area contributed by atoms with Gasteiger partial charge in [-0.3, -0.25) is 0 Å². The number of amides is 1. The molecule has 2 saturated carbocycles. The summed E-state index contributed by atoms with van der Waals surface area (Å²) in [5.74, 6) is -0.142. The van der Waals surface area contributed by atoms with E-state index in [0.717, 1.165) is 25.7 Å². The van der Waals surface area contributed by atoms with Crippen LogP contribution in [0.25, 0.3) is 0 Å². The van der Waals surface area contributed by atoms with E-state index in [2.05, 4.69) is 15.5 Å². The van der Waals surface area contributed by atoms with E-state index in [0.29, 0.717) is 24.6 Å². The molecular weight excluding hydrogens is 387 g/mol. The van der Waals surface area contributed by atoms with E-state index < -0.39 is 23.8 Å². The van der Waals surface area contributed by atoms with E-state index in [1.54, 1.807) is 0 Å². The molecule has 1 amide bonds. The zero-order valence-corrected chi connectivity index (χ0v) is 17.2. The molecule has 29 heavy (non-hydrogen) atoms. The Bertz CT molecular complexity index is 683. The lowest BCUT2D eigenvalue weighted by Crippen LogP contribution is -2.40. The Morgan fingerprint density at radius 3 is 1.86 bits per heavy atom. The van der Waals surface area contributed by atoms with Crippen LogP contribution in [0.1, 0.15) is 95.8 Å². The highest BCUT2D eigenvalue weighted by Gasteiger charge is 2.42. The Balaban J connectivity index is 1.47. The number of nitrogens with one attached hydrogen (secondary N) is 1. The lowest BCUT2D eigenvalue weighted by Gasteiger charge is -2.29. The van der Waals surface area contributed by atoms with Gasteiger partial charge in [-0.15, -0.1) is 10.2 Å². The summed E-state index contributed by atoms with van der Waals surface area (Å²) in [6, 6.07) is 0.0566. The van der Waals surface area contributed by atoms with Crippen LogP contribution in [0.2, 0.25) is 0 Å². The highest BCUT2D eigenvalue weighted by atomic mass is 19.4. The van der Waals surface area contributed by atoms with Gasteiger partial charge in [0, 0.05) is 17.9 Å². The maximum Gasteiger partial charge on any atom is 0.407 e. The minimum Gasteiger partial charge on any atom is -0.444 e. The first-order valence-corrected chi connectivity index (χ1v) is 10.4. The predicted octanol–water partition coefficient (Wildman–Crippen LogP) is 5.46. The Kier molecular flexibility index (Phi) is 6.43. The quantitative estimate of drug-likeness (QED) is 0.707. The van der Waals surface area contributed by atoms with Gasteiger partial charge >= 0.3 is 12.3 Å². The molecule has 2 aliphatic rings. The molecule has 6 nitrogen and oxygen atoms in total. The van der Waals surface area contributed by atoms with Gasteiger partial charge in [-0.1, -0.05) is 0 Å². The van der Waals surface area contributed by atoms with Crippen molar-refractivity contribution in [3.8, 4) is 0 Å². The zero-order valence-electron chi connectivity index (χ0n) is 17.2. The van der Waals surface area contributed by atoms with Crippen molar-refractivity contribution in [2.75, 3.05) is 0 Å². The van der Waals surface area contributed by atoms with Crippen LogP contribution in [0.15, 0.2) is 4.42 Å². The largest absolute Gasteiger partial charge is 0.444 e. The molecule has 9 heteroatoms. The second-order valence-corrected chi connectivity index (χ2v) is 9.26. The number of hydrogen-bond donors (Lipinski definition) is 1. The summed E-state index contributed by atoms with van der Waals surface area (Å²) in [4.78, 5) is 11.9. The van der Waals surface area contributed by atoms with Crippen molar-refractivity contribution in [2.45, 2.75) is 102 Å². The molecule has 1 aromatic rings. The zero-order chi connectivity index (χ0) is 21.2. The minimum absolute atomic E-state index is 0.0566. The van der Waals surface area contributed by atoms with Crippen LogP contribution in [-0.4, -0.2) is 34.1 Å². The van der Waals surface area contributed by atoms with Gasteiger partial charge in [0.25, 0.3) is 0 Å². The molecule has 0 unspecified atom stereocenters. The highest BCUT2D eigenvalue weighted by Crippen LogP contribution is 2.43. The second kappa shape index (κ2) is 8.52. The smallest absolute Gasteiger partial charge is 0.407 e. The normalized spacial score (nSPS) is 28.8. The van der Waals surface area contributed by atoms with Gasteiger partial charge < -0.3 is 14.5 Å². The summed E-state index contributed by atoms with van der Waals surface area (Å²) >= 11 is 0. The van der Waals surface area contributed by atoms with E-state index >= 15 is 0 Å². The summed E-state index contributed by atoms with van der Waals surface area (Å²) in [6.07, 6.45) is -0.230. The molecule has 0 spiro atoms. The topological polar surface area (TPSA) is 77.2 Å². The van der Waals surface area contributed by atoms with Gasteiger partial charge in [-0.2, -0.15) is 13.2 Å². The fraction of sp³-hybridized carbons (Fsp3) is 0.850. The van der Waals surface area contributed by atoms with Crippen molar-refractivity contribution in [3.63, 3.8) is 0 Å². The van der Waals surface area contributed by atoms with Crippen molar-refractivity contribution in [3.05, 3.63) is 11.8 Å². The first-order valence-electron chi connectivity index (χ1n) is 10.4. The third kappa shape index (κ3) is 6.09. The SMILES string of the molecule is CC(C)(C)OC(=O)NC1CCC(c2nnc(C3CCC(C(F)(F)F)CC3)o2)CC1. The van der Waals surface area contributed by atoms with Gasteiger partial charge in [0.15, 0.2) is 0 Å². The molecule has 0 radical (unpaired) electrons. The van der Waals surface area contributed by atoms with Crippen LogP contribution in [-0.2, 0) is 4.74 Å². The fourth-order valence-electron chi connectivity index (χ4n) is 4.20. The van der Waals surface area contributed by atoms with Crippen LogP contribution >= 0.6 is 0 Å². The average molecular weight is 417 g/mol. The lowest BCUT2D eigenvalue weighted by molar-refractivity contribution is -0.182. The summed E-state index contributed by atoms with van der Waals surface area (Å²) in [6.45, 7) is 5.48. The molecule has 164 valence electrons. The minimum atomic E-state index is -4.11. The van der Waals surface area contributed by atoms with Gasteiger partial charge in [-0.05, 0) is 72.1 Å². The Morgan fingerprint density at radius 1 is 0.931 bits per heavy atom. The number of rotatable bonds is 3. The summed E-state index contributed by atoms with van der Waals surface area (Å²) in [7, 11) is 0. The summed E-state index contributed by atoms with van der Waals surface area (Å²) in [5, 5.41) is 11.2. The number of hydrogen-bond acceptors (Lipinski definition) is 5. The molecule has 2 fully saturated rings. The molecule has 1 aromatic heterocycles. The molecule has 0 aromatic carbocycles. The van der Waals surface area contributed by atoms with E-state index in [9.17, 15) is 18.0 Å². The van der Waals surface area contributed by atoms with E-state index in [1.165, 1.54) is 0 Å². The molecule has 1 heterocycles. The number of carbonyl (C=O) groups is 1. The third-order valence-corrected chi connectivity index (χ3v) is 5.79. The van der Waals surface area contributed by atoms with E-state index in [4.69, 9.17) is 9.15 Å². The number of halogens is 3. The average Bonchev–Trinajstić information content (AvgIpc) is 3.10. The fourth-order valence-corrected chi connectivity index (χ4v) is 4.20. The highest BCUT2D eigenvalue weighted by molar-refractivity contribution is 5.68. The first-order chi connectivity index (χ1) is 13.5. The number of ether oxygens (including phenoxy) is 1. The van der Waals surface area contributed by atoms with E-state index in [-0.39, 0.29) is 30.7 Å². The molecular formula is C20H30F3N3O3. The van der Waals surface area contributed by atoms with Crippen LogP contribution < -0.4 is 5.32 Å². The monoisotopic (exact) mass is 417 g/mol. The molecule has 2 aliphatic carbocycles. The second-order valence-electron chi connectivity index (χ2n) is 9.26. The van der Waals surface area contributed by atoms with Crippen molar-refractivity contribution in [2.24, 2.45) is 5.92 Å². The van der Waals surface area contributed by atoms with Crippen LogP contribution in [0.3, 0.4) is 0 Å². The summed E-state index contributed by atoms with van der Waals surface area (Å²) < 4.78 is 49.6. The molecule has 1 N–H and O–H groups in total. The van der Waals surface area contributed by atoms with Crippen LogP contribution in [0, 0.1) is 5.92 Å². The first kappa shape index (κ1) is 21.9. The van der Waals surface area contributed by atoms with Crippen LogP contribution in [0.4, 0.5) is 18.0 Å². The maximum absolute atomic E-state index is 12.8. The van der Waals surface area contributed by atoms with Gasteiger partial charge in [-0.25, -0.2) is 4.79 Å². The van der Waals surface area contributed by atoms with Gasteiger partial charge in [0.05, 0.1) is 5.92 Å². The lowest BCUT2D eigenvalue weighted by atomic mass is 9.81. The van der Waals surface area contributed by atoms with Crippen molar-refractivity contribution >= 4 is 6.09 Å². The maximum atomic E-state index is 12.8. The standard InChI is InChI=1S/C20H30F3N3O3/c1-19(2,3)29-18(27)24-15-10-6-13(7-11-15)17-26-25-16(28-17)12-4-8-14(9-5-12)20(21,22)23/h12-15H,4-11H2,1-3H3,(H,24,27). The van der Waals surface area contributed by atoms with E-state index in [1.807, 2.05) is 20.8 Å². The predicted molar refractivity (Wildman–Crippen MR) is 99.4 cm³/mol. The van der Waals surface area contributed by atoms with Gasteiger partial charge in [0.2, 0.25) is 11.8 Å². The third-order valence-electron chi connectivity index (χ3n) is 5.79. The van der Waals surface area contributed by atoms with Crippen molar-refractivity contribution in [1.29, 1.82) is 0 Å². The number of nitrogens with zero attached hydrogens (tertiary/aromatic N) is 2. The number of carbonyl (C=O) groups excluding carboxylic acids is 1. The number of aromatic nitrogens is 2. The molecule has 0 aliphatic heterocycles. The summed E-state index contributed by atoms with van der Waals surface area (Å²) in [5.41, 5.74) is -0.527.